The normalized spacial score (nSPS) is 10.8. The number of aryl methyl sites for hydroxylation is 1. The lowest BCUT2D eigenvalue weighted by Gasteiger charge is -2.08. The zero-order valence-electron chi connectivity index (χ0n) is 17.5. The van der Waals surface area contributed by atoms with Gasteiger partial charge < -0.3 is 14.5 Å². The molecular weight excluding hydrogens is 390 g/mol. The SMILES string of the molecule is CCCOc1ccc(NC(=O)c2ccc(-c3cc(=O)c4cc(C)ccc4o3)cc2)cc1. The highest BCUT2D eigenvalue weighted by atomic mass is 16.5. The predicted molar refractivity (Wildman–Crippen MR) is 123 cm³/mol. The minimum atomic E-state index is -0.218. The van der Waals surface area contributed by atoms with Crippen molar-refractivity contribution in [1.82, 2.24) is 0 Å². The standard InChI is InChI=1S/C26H23NO4/c1-3-14-30-21-11-9-20(10-12-21)27-26(29)19-7-5-18(6-8-19)25-16-23(28)22-15-17(2)4-13-24(22)31-25/h4-13,15-16H,3,14H2,1-2H3,(H,27,29). The predicted octanol–water partition coefficient (Wildman–Crippen LogP) is 5.81. The van der Waals surface area contributed by atoms with E-state index >= 15 is 0 Å². The Balaban J connectivity index is 1.50. The molecule has 0 unspecified atom stereocenters. The highest BCUT2D eigenvalue weighted by Gasteiger charge is 2.10. The highest BCUT2D eigenvalue weighted by Crippen LogP contribution is 2.24. The number of rotatable bonds is 6. The van der Waals surface area contributed by atoms with Gasteiger partial charge in [-0.3, -0.25) is 9.59 Å². The van der Waals surface area contributed by atoms with E-state index in [0.717, 1.165) is 23.3 Å². The number of ether oxygens (including phenoxy) is 1. The fourth-order valence-electron chi connectivity index (χ4n) is 3.26. The van der Waals surface area contributed by atoms with E-state index in [9.17, 15) is 9.59 Å². The number of carbonyl (C=O) groups excluding carboxylic acids is 1. The molecule has 5 heteroatoms. The molecule has 0 saturated heterocycles. The third kappa shape index (κ3) is 4.67. The number of anilines is 1. The van der Waals surface area contributed by atoms with Crippen LogP contribution in [-0.4, -0.2) is 12.5 Å². The van der Waals surface area contributed by atoms with E-state index in [1.54, 1.807) is 30.3 Å². The molecule has 0 spiro atoms. The van der Waals surface area contributed by atoms with Crippen molar-refractivity contribution in [3.8, 4) is 17.1 Å². The zero-order valence-corrected chi connectivity index (χ0v) is 17.5. The molecule has 1 amide bonds. The van der Waals surface area contributed by atoms with Gasteiger partial charge in [0.1, 0.15) is 17.1 Å². The van der Waals surface area contributed by atoms with Gasteiger partial charge >= 0.3 is 0 Å². The van der Waals surface area contributed by atoms with Crippen LogP contribution in [0.3, 0.4) is 0 Å². The molecular formula is C26H23NO4. The first-order valence-electron chi connectivity index (χ1n) is 10.2. The summed E-state index contributed by atoms with van der Waals surface area (Å²) in [6, 6.07) is 21.3. The second kappa shape index (κ2) is 8.88. The summed E-state index contributed by atoms with van der Waals surface area (Å²) in [5, 5.41) is 3.43. The van der Waals surface area contributed by atoms with E-state index in [2.05, 4.69) is 5.32 Å². The first-order chi connectivity index (χ1) is 15.0. The number of amides is 1. The lowest BCUT2D eigenvalue weighted by molar-refractivity contribution is 0.102. The molecule has 4 rings (SSSR count). The van der Waals surface area contributed by atoms with Crippen molar-refractivity contribution in [1.29, 1.82) is 0 Å². The van der Waals surface area contributed by atoms with Crippen LogP contribution in [0.2, 0.25) is 0 Å². The fourth-order valence-corrected chi connectivity index (χ4v) is 3.26. The molecule has 3 aromatic carbocycles. The van der Waals surface area contributed by atoms with Crippen LogP contribution in [-0.2, 0) is 0 Å². The molecule has 1 heterocycles. The molecule has 1 N–H and O–H groups in total. The first kappa shape index (κ1) is 20.4. The molecule has 4 aromatic rings. The number of fused-ring (bicyclic) bond motifs is 1. The van der Waals surface area contributed by atoms with Crippen LogP contribution in [0.15, 0.2) is 82.0 Å². The second-order valence-corrected chi connectivity index (χ2v) is 7.38. The summed E-state index contributed by atoms with van der Waals surface area (Å²) < 4.78 is 11.5. The minimum absolute atomic E-state index is 0.0897. The van der Waals surface area contributed by atoms with E-state index in [4.69, 9.17) is 9.15 Å². The Morgan fingerprint density at radius 1 is 0.968 bits per heavy atom. The van der Waals surface area contributed by atoms with Gasteiger partial charge in [0.2, 0.25) is 0 Å². The lowest BCUT2D eigenvalue weighted by atomic mass is 10.1. The van der Waals surface area contributed by atoms with Gasteiger partial charge in [-0.25, -0.2) is 0 Å². The molecule has 0 aliphatic rings. The van der Waals surface area contributed by atoms with Gasteiger partial charge in [-0.2, -0.15) is 0 Å². The second-order valence-electron chi connectivity index (χ2n) is 7.38. The highest BCUT2D eigenvalue weighted by molar-refractivity contribution is 6.04. The van der Waals surface area contributed by atoms with Crippen molar-refractivity contribution in [2.45, 2.75) is 20.3 Å². The molecule has 0 atom stereocenters. The molecule has 5 nitrogen and oxygen atoms in total. The number of carbonyl (C=O) groups is 1. The summed E-state index contributed by atoms with van der Waals surface area (Å²) in [7, 11) is 0. The molecule has 1 aromatic heterocycles. The van der Waals surface area contributed by atoms with Gasteiger partial charge in [0.15, 0.2) is 5.43 Å². The van der Waals surface area contributed by atoms with E-state index < -0.39 is 0 Å². The summed E-state index contributed by atoms with van der Waals surface area (Å²) in [4.78, 5) is 25.0. The Bertz CT molecular complexity index is 1270. The monoisotopic (exact) mass is 413 g/mol. The van der Waals surface area contributed by atoms with Gasteiger partial charge in [-0.1, -0.05) is 30.7 Å². The lowest BCUT2D eigenvalue weighted by Crippen LogP contribution is -2.11. The Morgan fingerprint density at radius 3 is 2.42 bits per heavy atom. The number of hydrogen-bond donors (Lipinski definition) is 1. The van der Waals surface area contributed by atoms with Crippen molar-refractivity contribution in [2.24, 2.45) is 0 Å². The summed E-state index contributed by atoms with van der Waals surface area (Å²) >= 11 is 0. The molecule has 0 bridgehead atoms. The van der Waals surface area contributed by atoms with Gasteiger partial charge in [-0.15, -0.1) is 0 Å². The third-order valence-electron chi connectivity index (χ3n) is 4.90. The summed E-state index contributed by atoms with van der Waals surface area (Å²) in [6.07, 6.45) is 0.941. The van der Waals surface area contributed by atoms with Crippen LogP contribution in [0.25, 0.3) is 22.3 Å². The van der Waals surface area contributed by atoms with Gasteiger partial charge in [0, 0.05) is 22.9 Å². The summed E-state index contributed by atoms with van der Waals surface area (Å²) in [5.74, 6) is 1.02. The Kier molecular flexibility index (Phi) is 5.85. The Morgan fingerprint density at radius 2 is 1.71 bits per heavy atom. The largest absolute Gasteiger partial charge is 0.494 e. The smallest absolute Gasteiger partial charge is 0.255 e. The Labute approximate surface area is 180 Å². The van der Waals surface area contributed by atoms with Gasteiger partial charge in [-0.05, 0) is 61.9 Å². The molecule has 0 fully saturated rings. The first-order valence-corrected chi connectivity index (χ1v) is 10.2. The van der Waals surface area contributed by atoms with E-state index in [-0.39, 0.29) is 11.3 Å². The maximum absolute atomic E-state index is 12.6. The average molecular weight is 413 g/mol. The quantitative estimate of drug-likeness (QED) is 0.433. The van der Waals surface area contributed by atoms with Gasteiger partial charge in [0.05, 0.1) is 12.0 Å². The molecule has 0 aliphatic heterocycles. The zero-order chi connectivity index (χ0) is 21.8. The van der Waals surface area contributed by atoms with Gasteiger partial charge in [0.25, 0.3) is 5.91 Å². The number of nitrogens with one attached hydrogen (secondary N) is 1. The van der Waals surface area contributed by atoms with Crippen molar-refractivity contribution >= 4 is 22.6 Å². The Hall–Kier alpha value is -3.86. The van der Waals surface area contributed by atoms with Crippen LogP contribution in [0.1, 0.15) is 29.3 Å². The molecule has 156 valence electrons. The topological polar surface area (TPSA) is 68.5 Å². The fraction of sp³-hybridized carbons (Fsp3) is 0.154. The van der Waals surface area contributed by atoms with E-state index in [0.29, 0.717) is 34.6 Å². The van der Waals surface area contributed by atoms with Crippen LogP contribution in [0.5, 0.6) is 5.75 Å². The summed E-state index contributed by atoms with van der Waals surface area (Å²) in [6.45, 7) is 4.65. The van der Waals surface area contributed by atoms with E-state index in [1.807, 2.05) is 50.2 Å². The van der Waals surface area contributed by atoms with Crippen molar-refractivity contribution < 1.29 is 13.9 Å². The average Bonchev–Trinajstić information content (AvgIpc) is 2.79. The molecule has 31 heavy (non-hydrogen) atoms. The van der Waals surface area contributed by atoms with Crippen LogP contribution in [0, 0.1) is 6.92 Å². The maximum Gasteiger partial charge on any atom is 0.255 e. The van der Waals surface area contributed by atoms with Crippen molar-refractivity contribution in [3.63, 3.8) is 0 Å². The van der Waals surface area contributed by atoms with Crippen LogP contribution < -0.4 is 15.5 Å². The number of benzene rings is 3. The number of hydrogen-bond acceptors (Lipinski definition) is 4. The van der Waals surface area contributed by atoms with Crippen LogP contribution in [0.4, 0.5) is 5.69 Å². The van der Waals surface area contributed by atoms with E-state index in [1.165, 1.54) is 6.07 Å². The van der Waals surface area contributed by atoms with Crippen LogP contribution >= 0.6 is 0 Å². The summed E-state index contributed by atoms with van der Waals surface area (Å²) in [5.41, 5.74) is 3.39. The maximum atomic E-state index is 12.6. The van der Waals surface area contributed by atoms with Crippen molar-refractivity contribution in [2.75, 3.05) is 11.9 Å². The molecule has 0 aliphatic carbocycles. The third-order valence-corrected chi connectivity index (χ3v) is 4.90. The van der Waals surface area contributed by atoms with Crippen molar-refractivity contribution in [3.05, 3.63) is 94.1 Å². The molecule has 0 saturated carbocycles. The minimum Gasteiger partial charge on any atom is -0.494 e. The molecule has 0 radical (unpaired) electrons.